The summed E-state index contributed by atoms with van der Waals surface area (Å²) in [6.45, 7) is 10.5. The Morgan fingerprint density at radius 2 is 1.45 bits per heavy atom. The van der Waals surface area contributed by atoms with Gasteiger partial charge in [0, 0.05) is 0 Å². The molecule has 0 aliphatic carbocycles. The van der Waals surface area contributed by atoms with Gasteiger partial charge in [-0.25, -0.2) is 9.13 Å². The van der Waals surface area contributed by atoms with Crippen LogP contribution in [0, 0.1) is 11.8 Å². The summed E-state index contributed by atoms with van der Waals surface area (Å²) in [6.07, 6.45) is 13.1. The van der Waals surface area contributed by atoms with E-state index in [1.807, 2.05) is 6.92 Å². The first kappa shape index (κ1) is 28.7. The third-order valence-electron chi connectivity index (χ3n) is 4.75. The zero-order chi connectivity index (χ0) is 22.5. The van der Waals surface area contributed by atoms with Crippen LogP contribution in [0.2, 0.25) is 0 Å². The molecule has 3 atom stereocenters. The van der Waals surface area contributed by atoms with Gasteiger partial charge in [-0.15, -0.1) is 0 Å². The van der Waals surface area contributed by atoms with Crippen molar-refractivity contribution >= 4 is 15.6 Å². The quantitative estimate of drug-likeness (QED) is 0.180. The van der Waals surface area contributed by atoms with Crippen molar-refractivity contribution in [3.63, 3.8) is 0 Å². The molecule has 7 nitrogen and oxygen atoms in total. The van der Waals surface area contributed by atoms with Crippen molar-refractivity contribution in [3.05, 3.63) is 23.3 Å². The van der Waals surface area contributed by atoms with Gasteiger partial charge >= 0.3 is 15.6 Å². The molecule has 9 heteroatoms. The standard InChI is InChI=1S/C20H40O7P2/c1-17(2)9-6-10-18(3)11-7-12-19(4)13-8-14-20(5)15-16-26-29(24,25)27-28(21,22)23/h9,15,18-19H,6-8,10-14,16H2,1-5H3,(H,24,25)(H2,21,22,23)/b20-15+. The number of phosphoric ester groups is 1. The minimum atomic E-state index is -5.07. The van der Waals surface area contributed by atoms with Crippen molar-refractivity contribution in [2.75, 3.05) is 6.61 Å². The van der Waals surface area contributed by atoms with Crippen LogP contribution in [0.15, 0.2) is 23.3 Å². The molecule has 0 spiro atoms. The van der Waals surface area contributed by atoms with E-state index >= 15 is 0 Å². The first-order valence-corrected chi connectivity index (χ1v) is 13.4. The fourth-order valence-electron chi connectivity index (χ4n) is 3.02. The third-order valence-corrected chi connectivity index (χ3v) is 6.90. The monoisotopic (exact) mass is 454 g/mol. The highest BCUT2D eigenvalue weighted by Gasteiger charge is 2.31. The smallest absolute Gasteiger partial charge is 0.302 e. The van der Waals surface area contributed by atoms with Crippen LogP contribution in [0.1, 0.15) is 86.0 Å². The van der Waals surface area contributed by atoms with Crippen molar-refractivity contribution in [2.24, 2.45) is 11.8 Å². The molecule has 0 aromatic rings. The van der Waals surface area contributed by atoms with Crippen LogP contribution in [0.4, 0.5) is 0 Å². The lowest BCUT2D eigenvalue weighted by Crippen LogP contribution is -1.99. The van der Waals surface area contributed by atoms with Gasteiger partial charge in [-0.1, -0.05) is 62.8 Å². The van der Waals surface area contributed by atoms with Crippen molar-refractivity contribution in [3.8, 4) is 0 Å². The zero-order valence-corrected chi connectivity index (χ0v) is 20.3. The van der Waals surface area contributed by atoms with Crippen LogP contribution in [0.5, 0.6) is 0 Å². The largest absolute Gasteiger partial charge is 0.481 e. The minimum Gasteiger partial charge on any atom is -0.302 e. The van der Waals surface area contributed by atoms with E-state index in [0.29, 0.717) is 5.92 Å². The third kappa shape index (κ3) is 19.4. The fraction of sp³-hybridized carbons (Fsp3) is 0.800. The molecule has 0 aliphatic heterocycles. The Kier molecular flexibility index (Phi) is 14.6. The predicted octanol–water partition coefficient (Wildman–Crippen LogP) is 6.52. The summed E-state index contributed by atoms with van der Waals surface area (Å²) in [5.41, 5.74) is 2.39. The number of hydrogen-bond acceptors (Lipinski definition) is 4. The Hall–Kier alpha value is -0.260. The van der Waals surface area contributed by atoms with E-state index in [9.17, 15) is 14.0 Å². The summed E-state index contributed by atoms with van der Waals surface area (Å²) in [6, 6.07) is 0. The molecule has 0 rings (SSSR count). The normalized spacial score (nSPS) is 16.9. The first-order valence-electron chi connectivity index (χ1n) is 10.3. The summed E-state index contributed by atoms with van der Waals surface area (Å²) < 4.78 is 30.2. The number of allylic oxidation sites excluding steroid dienone is 3. The van der Waals surface area contributed by atoms with E-state index in [-0.39, 0.29) is 6.61 Å². The van der Waals surface area contributed by atoms with E-state index in [1.54, 1.807) is 6.08 Å². The molecule has 3 unspecified atom stereocenters. The molecule has 0 aliphatic rings. The van der Waals surface area contributed by atoms with Gasteiger partial charge in [0.15, 0.2) is 0 Å². The molecule has 0 saturated carbocycles. The van der Waals surface area contributed by atoms with Crippen molar-refractivity contribution < 1.29 is 32.6 Å². The van der Waals surface area contributed by atoms with Crippen LogP contribution in [-0.4, -0.2) is 21.3 Å². The molecule has 172 valence electrons. The van der Waals surface area contributed by atoms with Crippen LogP contribution in [0.3, 0.4) is 0 Å². The molecule has 0 saturated heterocycles. The molecule has 0 aromatic carbocycles. The van der Waals surface area contributed by atoms with E-state index in [2.05, 4.69) is 42.6 Å². The van der Waals surface area contributed by atoms with Gasteiger partial charge in [0.1, 0.15) is 0 Å². The average Bonchev–Trinajstić information content (AvgIpc) is 2.51. The SMILES string of the molecule is CC(C)=CCCC(C)CCCC(C)CCC/C(C)=C/COP(=O)(O)OP(=O)(O)O. The van der Waals surface area contributed by atoms with Crippen molar-refractivity contribution in [1.82, 2.24) is 0 Å². The first-order chi connectivity index (χ1) is 13.3. The van der Waals surface area contributed by atoms with Gasteiger partial charge in [-0.2, -0.15) is 4.31 Å². The molecule has 0 fully saturated rings. The molecule has 0 heterocycles. The second-order valence-electron chi connectivity index (χ2n) is 8.28. The van der Waals surface area contributed by atoms with Gasteiger partial charge in [0.25, 0.3) is 0 Å². The topological polar surface area (TPSA) is 113 Å². The lowest BCUT2D eigenvalue weighted by molar-refractivity contribution is 0.191. The van der Waals surface area contributed by atoms with Crippen LogP contribution in [0.25, 0.3) is 0 Å². The summed E-state index contributed by atoms with van der Waals surface area (Å²) in [5.74, 6) is 1.43. The molecule has 0 radical (unpaired) electrons. The average molecular weight is 454 g/mol. The lowest BCUT2D eigenvalue weighted by atomic mass is 9.92. The molecular formula is C20H40O7P2. The molecule has 3 N–H and O–H groups in total. The highest BCUT2D eigenvalue weighted by Crippen LogP contribution is 2.57. The maximum atomic E-state index is 11.3. The Labute approximate surface area is 176 Å². The van der Waals surface area contributed by atoms with E-state index in [0.717, 1.165) is 30.8 Å². The fourth-order valence-corrected chi connectivity index (χ4v) is 4.55. The maximum absolute atomic E-state index is 11.3. The maximum Gasteiger partial charge on any atom is 0.481 e. The molecule has 0 bridgehead atoms. The zero-order valence-electron chi connectivity index (χ0n) is 18.5. The van der Waals surface area contributed by atoms with Gasteiger partial charge < -0.3 is 14.7 Å². The van der Waals surface area contributed by atoms with Gasteiger partial charge in [0.2, 0.25) is 0 Å². The van der Waals surface area contributed by atoms with Crippen LogP contribution in [-0.2, 0) is 18.0 Å². The second-order valence-corrected chi connectivity index (χ2v) is 11.1. The highest BCUT2D eigenvalue weighted by molar-refractivity contribution is 7.60. The van der Waals surface area contributed by atoms with E-state index < -0.39 is 15.6 Å². The molecule has 0 aromatic heterocycles. The summed E-state index contributed by atoms with van der Waals surface area (Å²) in [7, 11) is -9.82. The second kappa shape index (κ2) is 14.7. The summed E-state index contributed by atoms with van der Waals surface area (Å²) in [4.78, 5) is 26.3. The van der Waals surface area contributed by atoms with Crippen molar-refractivity contribution in [2.45, 2.75) is 86.0 Å². The molecular weight excluding hydrogens is 414 g/mol. The number of phosphoric acid groups is 2. The Morgan fingerprint density at radius 3 is 2.00 bits per heavy atom. The van der Waals surface area contributed by atoms with E-state index in [4.69, 9.17) is 9.79 Å². The molecule has 0 amide bonds. The van der Waals surface area contributed by atoms with Gasteiger partial charge in [-0.3, -0.25) is 4.52 Å². The molecule has 29 heavy (non-hydrogen) atoms. The highest BCUT2D eigenvalue weighted by atomic mass is 31.3. The summed E-state index contributed by atoms with van der Waals surface area (Å²) >= 11 is 0. The Bertz CT molecular complexity index is 606. The van der Waals surface area contributed by atoms with Crippen molar-refractivity contribution in [1.29, 1.82) is 0 Å². The number of rotatable bonds is 16. The lowest BCUT2D eigenvalue weighted by Gasteiger charge is -2.14. The van der Waals surface area contributed by atoms with Gasteiger partial charge in [-0.05, 0) is 58.3 Å². The van der Waals surface area contributed by atoms with E-state index in [1.165, 1.54) is 37.7 Å². The number of hydrogen-bond donors (Lipinski definition) is 3. The van der Waals surface area contributed by atoms with Crippen LogP contribution >= 0.6 is 15.6 Å². The Morgan fingerprint density at radius 1 is 0.897 bits per heavy atom. The summed E-state index contributed by atoms with van der Waals surface area (Å²) in [5, 5.41) is 0. The minimum absolute atomic E-state index is 0.236. The van der Waals surface area contributed by atoms with Gasteiger partial charge in [0.05, 0.1) is 6.61 Å². The van der Waals surface area contributed by atoms with Crippen LogP contribution < -0.4 is 0 Å². The Balaban J connectivity index is 3.93. The predicted molar refractivity (Wildman–Crippen MR) is 117 cm³/mol.